The number of sulfonamides is 1. The SMILES string of the molecule is CC(C)(C)OC(=O)CN1Cc2cc(N=C(N)c3c(N[C@]4(CC#N)CCCOC4)cc[nH]c3=O)ccc2S1(=O)=O. The van der Waals surface area contributed by atoms with Gasteiger partial charge in [-0.1, -0.05) is 0 Å². The maximum absolute atomic E-state index is 13.0. The van der Waals surface area contributed by atoms with Crippen LogP contribution in [0.4, 0.5) is 11.4 Å². The summed E-state index contributed by atoms with van der Waals surface area (Å²) in [5.41, 5.74) is 5.71. The van der Waals surface area contributed by atoms with E-state index in [9.17, 15) is 23.3 Å². The van der Waals surface area contributed by atoms with Gasteiger partial charge in [-0.25, -0.2) is 13.4 Å². The summed E-state index contributed by atoms with van der Waals surface area (Å²) in [6.45, 7) is 5.58. The van der Waals surface area contributed by atoms with Crippen LogP contribution in [0.1, 0.15) is 51.2 Å². The van der Waals surface area contributed by atoms with Crippen molar-refractivity contribution in [3.8, 4) is 6.07 Å². The first-order valence-electron chi connectivity index (χ1n) is 12.5. The molecule has 12 nitrogen and oxygen atoms in total. The Kier molecular flexibility index (Phi) is 7.83. The van der Waals surface area contributed by atoms with Crippen molar-refractivity contribution in [3.05, 3.63) is 51.9 Å². The van der Waals surface area contributed by atoms with Crippen molar-refractivity contribution in [1.29, 1.82) is 5.26 Å². The molecule has 0 saturated carbocycles. The van der Waals surface area contributed by atoms with Crippen LogP contribution in [-0.4, -0.2) is 60.4 Å². The molecule has 4 rings (SSSR count). The van der Waals surface area contributed by atoms with Gasteiger partial charge in [0.25, 0.3) is 5.56 Å². The highest BCUT2D eigenvalue weighted by Crippen LogP contribution is 2.33. The summed E-state index contributed by atoms with van der Waals surface area (Å²) in [5.74, 6) is -0.739. The van der Waals surface area contributed by atoms with Crippen molar-refractivity contribution in [1.82, 2.24) is 9.29 Å². The van der Waals surface area contributed by atoms with E-state index < -0.39 is 39.2 Å². The molecule has 0 radical (unpaired) electrons. The number of nitrogens with one attached hydrogen (secondary N) is 2. The standard InChI is InChI=1S/C26H32N6O6S/c1-25(2,3)38-21(33)15-32-14-17-13-18(5-6-20(17)39(32,35)36)30-23(28)22-19(7-11-29-24(22)34)31-26(9-10-27)8-4-12-37-16-26/h5-7,11,13H,4,8-9,12,14-16H2,1-3H3,(H2,28,30)(H2,29,31,34)/t26-/m0/s1. The second kappa shape index (κ2) is 10.8. The molecule has 1 fully saturated rings. The Morgan fingerprint density at radius 2 is 2.13 bits per heavy atom. The first-order valence-corrected chi connectivity index (χ1v) is 13.9. The molecule has 0 amide bonds. The average molecular weight is 557 g/mol. The zero-order valence-electron chi connectivity index (χ0n) is 22.1. The van der Waals surface area contributed by atoms with E-state index >= 15 is 0 Å². The first-order chi connectivity index (χ1) is 18.3. The van der Waals surface area contributed by atoms with Gasteiger partial charge in [0.05, 0.1) is 40.9 Å². The minimum absolute atomic E-state index is 0.0322. The van der Waals surface area contributed by atoms with Crippen LogP contribution in [0.2, 0.25) is 0 Å². The van der Waals surface area contributed by atoms with E-state index in [1.54, 1.807) is 32.9 Å². The molecule has 13 heteroatoms. The summed E-state index contributed by atoms with van der Waals surface area (Å²) in [5, 5.41) is 12.7. The number of pyridine rings is 1. The number of H-pyrrole nitrogens is 1. The lowest BCUT2D eigenvalue weighted by molar-refractivity contribution is -0.155. The highest BCUT2D eigenvalue weighted by molar-refractivity contribution is 7.89. The fourth-order valence-electron chi connectivity index (χ4n) is 4.69. The molecule has 39 heavy (non-hydrogen) atoms. The monoisotopic (exact) mass is 556 g/mol. The fourth-order valence-corrected chi connectivity index (χ4v) is 6.24. The van der Waals surface area contributed by atoms with Gasteiger partial charge in [-0.05, 0) is 63.4 Å². The topological polar surface area (TPSA) is 180 Å². The molecule has 1 aromatic carbocycles. The van der Waals surface area contributed by atoms with Gasteiger partial charge in [0.1, 0.15) is 23.5 Å². The molecule has 0 spiro atoms. The van der Waals surface area contributed by atoms with Crippen molar-refractivity contribution in [3.63, 3.8) is 0 Å². The average Bonchev–Trinajstić information content (AvgIpc) is 3.07. The predicted molar refractivity (Wildman–Crippen MR) is 144 cm³/mol. The maximum Gasteiger partial charge on any atom is 0.321 e. The number of hydrogen-bond donors (Lipinski definition) is 3. The summed E-state index contributed by atoms with van der Waals surface area (Å²) in [6, 6.07) is 8.28. The normalized spacial score (nSPS) is 21.1. The van der Waals surface area contributed by atoms with E-state index in [0.717, 1.165) is 10.7 Å². The minimum atomic E-state index is -3.89. The minimum Gasteiger partial charge on any atom is -0.459 e. The van der Waals surface area contributed by atoms with Crippen molar-refractivity contribution in [2.75, 3.05) is 25.1 Å². The molecule has 2 aromatic rings. The van der Waals surface area contributed by atoms with Crippen LogP contribution >= 0.6 is 0 Å². The molecular weight excluding hydrogens is 524 g/mol. The molecule has 0 bridgehead atoms. The molecule has 0 unspecified atom stereocenters. The van der Waals surface area contributed by atoms with Gasteiger partial charge in [0.15, 0.2) is 0 Å². The van der Waals surface area contributed by atoms with E-state index in [-0.39, 0.29) is 29.3 Å². The maximum atomic E-state index is 13.0. The second-order valence-corrected chi connectivity index (χ2v) is 12.5. The number of nitrogens with two attached hydrogens (primary N) is 1. The number of fused-ring (bicyclic) bond motifs is 1. The van der Waals surface area contributed by atoms with Gasteiger partial charge in [-0.15, -0.1) is 0 Å². The van der Waals surface area contributed by atoms with Gasteiger partial charge in [0, 0.05) is 19.3 Å². The van der Waals surface area contributed by atoms with Crippen LogP contribution in [0.5, 0.6) is 0 Å². The summed E-state index contributed by atoms with van der Waals surface area (Å²) < 4.78 is 37.9. The van der Waals surface area contributed by atoms with Crippen molar-refractivity contribution < 1.29 is 22.7 Å². The molecule has 0 aliphatic carbocycles. The molecule has 1 atom stereocenters. The molecule has 4 N–H and O–H groups in total. The molecule has 1 saturated heterocycles. The van der Waals surface area contributed by atoms with Gasteiger partial charge in [-0.2, -0.15) is 9.57 Å². The van der Waals surface area contributed by atoms with Crippen molar-refractivity contribution in [2.45, 2.75) is 62.6 Å². The Morgan fingerprint density at radius 3 is 2.79 bits per heavy atom. The molecule has 3 heterocycles. The number of ether oxygens (including phenoxy) is 2. The van der Waals surface area contributed by atoms with Crippen molar-refractivity contribution in [2.24, 2.45) is 10.7 Å². The number of carbonyl (C=O) groups is 1. The molecule has 208 valence electrons. The van der Waals surface area contributed by atoms with Crippen LogP contribution in [0.25, 0.3) is 0 Å². The van der Waals surface area contributed by atoms with E-state index in [1.807, 2.05) is 0 Å². The summed E-state index contributed by atoms with van der Waals surface area (Å²) in [6.07, 6.45) is 3.10. The van der Waals surface area contributed by atoms with Gasteiger partial charge in [0.2, 0.25) is 10.0 Å². The summed E-state index contributed by atoms with van der Waals surface area (Å²) in [7, 11) is -3.89. The molecule has 1 aromatic heterocycles. The lowest BCUT2D eigenvalue weighted by atomic mass is 9.88. The Hall–Kier alpha value is -3.73. The van der Waals surface area contributed by atoms with Gasteiger partial charge in [-0.3, -0.25) is 9.59 Å². The summed E-state index contributed by atoms with van der Waals surface area (Å²) >= 11 is 0. The zero-order chi connectivity index (χ0) is 28.4. The molecular formula is C26H32N6O6S. The predicted octanol–water partition coefficient (Wildman–Crippen LogP) is 2.13. The van der Waals surface area contributed by atoms with Gasteiger partial charge >= 0.3 is 5.97 Å². The van der Waals surface area contributed by atoms with Gasteiger partial charge < -0.3 is 25.5 Å². The van der Waals surface area contributed by atoms with Crippen LogP contribution in [0.15, 0.2) is 45.1 Å². The van der Waals surface area contributed by atoms with Crippen LogP contribution in [-0.2, 0) is 30.8 Å². The third-order valence-corrected chi connectivity index (χ3v) is 8.23. The number of hydrogen-bond acceptors (Lipinski definition) is 9. The van der Waals surface area contributed by atoms with E-state index in [1.165, 1.54) is 18.3 Å². The number of esters is 1. The number of nitriles is 1. The second-order valence-electron chi connectivity index (χ2n) is 10.6. The smallest absolute Gasteiger partial charge is 0.321 e. The lowest BCUT2D eigenvalue weighted by Crippen LogP contribution is -2.46. The van der Waals surface area contributed by atoms with Crippen LogP contribution < -0.4 is 16.6 Å². The van der Waals surface area contributed by atoms with Crippen LogP contribution in [0, 0.1) is 11.3 Å². The number of nitrogens with zero attached hydrogens (tertiary/aromatic N) is 3. The number of anilines is 1. The Bertz CT molecular complexity index is 1500. The summed E-state index contributed by atoms with van der Waals surface area (Å²) in [4.78, 5) is 32.1. The highest BCUT2D eigenvalue weighted by atomic mass is 32.2. The molecule has 2 aliphatic heterocycles. The van der Waals surface area contributed by atoms with E-state index in [2.05, 4.69) is 21.4 Å². The number of aromatic amines is 1. The zero-order valence-corrected chi connectivity index (χ0v) is 22.9. The van der Waals surface area contributed by atoms with E-state index in [4.69, 9.17) is 15.2 Å². The lowest BCUT2D eigenvalue weighted by Gasteiger charge is -2.37. The first kappa shape index (κ1) is 28.3. The number of rotatable bonds is 7. The number of aromatic nitrogens is 1. The van der Waals surface area contributed by atoms with E-state index in [0.29, 0.717) is 36.6 Å². The van der Waals surface area contributed by atoms with Crippen molar-refractivity contribution >= 4 is 33.2 Å². The van der Waals surface area contributed by atoms with Crippen LogP contribution in [0.3, 0.4) is 0 Å². The quantitative estimate of drug-likeness (QED) is 0.261. The third kappa shape index (κ3) is 6.30. The molecule has 2 aliphatic rings. The third-order valence-electron chi connectivity index (χ3n) is 6.34. The number of carbonyl (C=O) groups excluding carboxylic acids is 1. The number of aliphatic imine (C=N–C) groups is 1. The highest BCUT2D eigenvalue weighted by Gasteiger charge is 2.37. The Balaban J connectivity index is 1.61. The number of amidine groups is 1. The largest absolute Gasteiger partial charge is 0.459 e. The Labute approximate surface area is 226 Å². The Morgan fingerprint density at radius 1 is 1.36 bits per heavy atom. The number of benzene rings is 1. The fraction of sp³-hybridized carbons (Fsp3) is 0.462.